The molecule has 1 amide bonds. The second-order valence-electron chi connectivity index (χ2n) is 6.14. The second kappa shape index (κ2) is 8.19. The van der Waals surface area contributed by atoms with Crippen LogP contribution in [0.4, 0.5) is 5.69 Å². The van der Waals surface area contributed by atoms with Gasteiger partial charge in [-0.05, 0) is 61.0 Å². The third-order valence-electron chi connectivity index (χ3n) is 4.03. The van der Waals surface area contributed by atoms with E-state index in [4.69, 9.17) is 9.84 Å². The molecular formula is C22H19NO4. The molecule has 5 nitrogen and oxygen atoms in total. The summed E-state index contributed by atoms with van der Waals surface area (Å²) in [5, 5.41) is 11.7. The van der Waals surface area contributed by atoms with Crippen molar-refractivity contribution in [3.8, 4) is 5.75 Å². The lowest BCUT2D eigenvalue weighted by Crippen LogP contribution is -2.11. The number of hydrogen-bond donors (Lipinski definition) is 2. The number of nitrogens with one attached hydrogen (secondary N) is 1. The molecule has 0 aliphatic carbocycles. The Morgan fingerprint density at radius 2 is 1.44 bits per heavy atom. The van der Waals surface area contributed by atoms with Crippen molar-refractivity contribution in [3.05, 3.63) is 95.1 Å². The molecule has 3 rings (SSSR count). The minimum Gasteiger partial charge on any atom is -0.489 e. The number of amides is 1. The molecule has 0 bridgehead atoms. The number of anilines is 1. The molecule has 0 heterocycles. The van der Waals surface area contributed by atoms with Crippen LogP contribution in [0, 0.1) is 6.92 Å². The standard InChI is InChI=1S/C22H19NO4/c1-15-2-10-19(11-3-15)23-21(24)17-8-12-20(13-9-17)27-14-16-4-6-18(7-5-16)22(25)26/h2-13H,14H2,1H3,(H,23,24)(H,25,26). The summed E-state index contributed by atoms with van der Waals surface area (Å²) in [6.45, 7) is 2.31. The van der Waals surface area contributed by atoms with Crippen LogP contribution in [-0.4, -0.2) is 17.0 Å². The monoisotopic (exact) mass is 361 g/mol. The van der Waals surface area contributed by atoms with Gasteiger partial charge in [0.2, 0.25) is 0 Å². The number of aromatic carboxylic acids is 1. The first-order valence-electron chi connectivity index (χ1n) is 8.44. The molecule has 27 heavy (non-hydrogen) atoms. The van der Waals surface area contributed by atoms with Crippen molar-refractivity contribution < 1.29 is 19.4 Å². The zero-order valence-corrected chi connectivity index (χ0v) is 14.8. The van der Waals surface area contributed by atoms with Gasteiger partial charge >= 0.3 is 5.97 Å². The van der Waals surface area contributed by atoms with Gasteiger partial charge in [-0.1, -0.05) is 29.8 Å². The minimum atomic E-state index is -0.957. The number of hydrogen-bond acceptors (Lipinski definition) is 3. The Labute approximate surface area is 157 Å². The van der Waals surface area contributed by atoms with Crippen LogP contribution in [0.2, 0.25) is 0 Å². The van der Waals surface area contributed by atoms with Gasteiger partial charge in [0.05, 0.1) is 5.56 Å². The van der Waals surface area contributed by atoms with Crippen molar-refractivity contribution in [1.82, 2.24) is 0 Å². The summed E-state index contributed by atoms with van der Waals surface area (Å²) in [5.74, 6) is -0.513. The molecule has 0 spiro atoms. The van der Waals surface area contributed by atoms with E-state index in [-0.39, 0.29) is 11.5 Å². The van der Waals surface area contributed by atoms with Crippen molar-refractivity contribution in [2.45, 2.75) is 13.5 Å². The van der Waals surface area contributed by atoms with E-state index in [2.05, 4.69) is 5.32 Å². The number of carboxylic acid groups (broad SMARTS) is 1. The molecule has 0 saturated carbocycles. The third kappa shape index (κ3) is 4.95. The van der Waals surface area contributed by atoms with Gasteiger partial charge in [0.1, 0.15) is 12.4 Å². The van der Waals surface area contributed by atoms with Crippen LogP contribution in [0.3, 0.4) is 0 Å². The molecule has 0 saturated heterocycles. The molecule has 0 atom stereocenters. The summed E-state index contributed by atoms with van der Waals surface area (Å²) in [6.07, 6.45) is 0. The molecule has 5 heteroatoms. The Balaban J connectivity index is 1.57. The Morgan fingerprint density at radius 1 is 0.852 bits per heavy atom. The van der Waals surface area contributed by atoms with Crippen LogP contribution < -0.4 is 10.1 Å². The first kappa shape index (κ1) is 18.2. The number of carbonyl (C=O) groups is 2. The van der Waals surface area contributed by atoms with Crippen LogP contribution in [-0.2, 0) is 6.61 Å². The highest BCUT2D eigenvalue weighted by atomic mass is 16.5. The fraction of sp³-hybridized carbons (Fsp3) is 0.0909. The maximum Gasteiger partial charge on any atom is 0.335 e. The number of aryl methyl sites for hydroxylation is 1. The highest BCUT2D eigenvalue weighted by molar-refractivity contribution is 6.04. The molecule has 0 aliphatic heterocycles. The van der Waals surface area contributed by atoms with Crippen LogP contribution in [0.5, 0.6) is 5.75 Å². The quantitative estimate of drug-likeness (QED) is 0.677. The normalized spacial score (nSPS) is 10.3. The predicted molar refractivity (Wildman–Crippen MR) is 103 cm³/mol. The van der Waals surface area contributed by atoms with Gasteiger partial charge in [-0.25, -0.2) is 4.79 Å². The van der Waals surface area contributed by atoms with E-state index in [1.165, 1.54) is 0 Å². The fourth-order valence-corrected chi connectivity index (χ4v) is 2.45. The number of rotatable bonds is 6. The maximum atomic E-state index is 12.3. The van der Waals surface area contributed by atoms with Crippen molar-refractivity contribution in [2.75, 3.05) is 5.32 Å². The zero-order valence-electron chi connectivity index (χ0n) is 14.8. The molecule has 0 aromatic heterocycles. The second-order valence-corrected chi connectivity index (χ2v) is 6.14. The summed E-state index contributed by atoms with van der Waals surface area (Å²) in [5.41, 5.74) is 3.51. The van der Waals surface area contributed by atoms with Gasteiger partial charge in [-0.2, -0.15) is 0 Å². The largest absolute Gasteiger partial charge is 0.489 e. The molecular weight excluding hydrogens is 342 g/mol. The number of ether oxygens (including phenoxy) is 1. The van der Waals surface area contributed by atoms with Gasteiger partial charge < -0.3 is 15.2 Å². The first-order chi connectivity index (χ1) is 13.0. The molecule has 0 radical (unpaired) electrons. The van der Waals surface area contributed by atoms with Crippen LogP contribution in [0.25, 0.3) is 0 Å². The van der Waals surface area contributed by atoms with Gasteiger partial charge in [-0.15, -0.1) is 0 Å². The van der Waals surface area contributed by atoms with E-state index >= 15 is 0 Å². The first-order valence-corrected chi connectivity index (χ1v) is 8.44. The Morgan fingerprint density at radius 3 is 2.04 bits per heavy atom. The molecule has 3 aromatic carbocycles. The third-order valence-corrected chi connectivity index (χ3v) is 4.03. The molecule has 0 aliphatic rings. The average molecular weight is 361 g/mol. The molecule has 0 unspecified atom stereocenters. The highest BCUT2D eigenvalue weighted by Gasteiger charge is 2.07. The number of carboxylic acids is 1. The maximum absolute atomic E-state index is 12.3. The zero-order chi connectivity index (χ0) is 19.2. The fourth-order valence-electron chi connectivity index (χ4n) is 2.45. The van der Waals surface area contributed by atoms with Crippen LogP contribution in [0.15, 0.2) is 72.8 Å². The van der Waals surface area contributed by atoms with Crippen molar-refractivity contribution in [2.24, 2.45) is 0 Å². The van der Waals surface area contributed by atoms with Gasteiger partial charge in [0.25, 0.3) is 5.91 Å². The number of benzene rings is 3. The van der Waals surface area contributed by atoms with Crippen LogP contribution >= 0.6 is 0 Å². The summed E-state index contributed by atoms with van der Waals surface area (Å²) >= 11 is 0. The van der Waals surface area contributed by atoms with Gasteiger partial charge in [0.15, 0.2) is 0 Å². The summed E-state index contributed by atoms with van der Waals surface area (Å²) < 4.78 is 5.68. The molecule has 2 N–H and O–H groups in total. The lowest BCUT2D eigenvalue weighted by atomic mass is 10.1. The average Bonchev–Trinajstić information content (AvgIpc) is 2.69. The topological polar surface area (TPSA) is 75.6 Å². The Hall–Kier alpha value is -3.60. The molecule has 136 valence electrons. The van der Waals surface area contributed by atoms with Crippen molar-refractivity contribution in [3.63, 3.8) is 0 Å². The number of carbonyl (C=O) groups excluding carboxylic acids is 1. The van der Waals surface area contributed by atoms with Crippen molar-refractivity contribution >= 4 is 17.6 Å². The summed E-state index contributed by atoms with van der Waals surface area (Å²) in [6, 6.07) is 21.0. The van der Waals surface area contributed by atoms with E-state index in [9.17, 15) is 9.59 Å². The van der Waals surface area contributed by atoms with Crippen LogP contribution in [0.1, 0.15) is 31.8 Å². The minimum absolute atomic E-state index is 0.185. The summed E-state index contributed by atoms with van der Waals surface area (Å²) in [4.78, 5) is 23.1. The lowest BCUT2D eigenvalue weighted by molar-refractivity contribution is 0.0696. The smallest absolute Gasteiger partial charge is 0.335 e. The van der Waals surface area contributed by atoms with Gasteiger partial charge in [0, 0.05) is 11.3 Å². The van der Waals surface area contributed by atoms with E-state index < -0.39 is 5.97 Å². The Kier molecular flexibility index (Phi) is 5.52. The van der Waals surface area contributed by atoms with E-state index in [1.54, 1.807) is 48.5 Å². The van der Waals surface area contributed by atoms with Gasteiger partial charge in [-0.3, -0.25) is 4.79 Å². The lowest BCUT2D eigenvalue weighted by Gasteiger charge is -2.09. The van der Waals surface area contributed by atoms with E-state index in [0.29, 0.717) is 17.9 Å². The summed E-state index contributed by atoms with van der Waals surface area (Å²) in [7, 11) is 0. The predicted octanol–water partition coefficient (Wildman–Crippen LogP) is 4.52. The van der Waals surface area contributed by atoms with E-state index in [1.807, 2.05) is 31.2 Å². The molecule has 0 fully saturated rings. The Bertz CT molecular complexity index is 930. The highest BCUT2D eigenvalue weighted by Crippen LogP contribution is 2.16. The van der Waals surface area contributed by atoms with E-state index in [0.717, 1.165) is 16.8 Å². The van der Waals surface area contributed by atoms with Crippen molar-refractivity contribution in [1.29, 1.82) is 0 Å². The molecule has 3 aromatic rings. The SMILES string of the molecule is Cc1ccc(NC(=O)c2ccc(OCc3ccc(C(=O)O)cc3)cc2)cc1.